The van der Waals surface area contributed by atoms with Gasteiger partial charge in [0.1, 0.15) is 16.6 Å². The predicted molar refractivity (Wildman–Crippen MR) is 91.9 cm³/mol. The van der Waals surface area contributed by atoms with E-state index < -0.39 is 5.91 Å². The van der Waals surface area contributed by atoms with E-state index in [4.69, 9.17) is 4.74 Å². The molecule has 1 N–H and O–H groups in total. The van der Waals surface area contributed by atoms with E-state index in [1.165, 1.54) is 35.6 Å². The molecule has 3 rings (SSSR count). The first-order chi connectivity index (χ1) is 11.6. The van der Waals surface area contributed by atoms with Gasteiger partial charge in [0.05, 0.1) is 15.9 Å². The van der Waals surface area contributed by atoms with Crippen molar-refractivity contribution < 1.29 is 13.9 Å². The lowest BCUT2D eigenvalue weighted by Crippen LogP contribution is -2.25. The molecule has 0 unspecified atom stereocenters. The summed E-state index contributed by atoms with van der Waals surface area (Å²) in [6.45, 7) is 1.57. The number of nitrogens with one attached hydrogen (secondary N) is 1. The highest BCUT2D eigenvalue weighted by Gasteiger charge is 2.07. The summed E-state index contributed by atoms with van der Waals surface area (Å²) in [5.74, 6) is -0.346. The van der Waals surface area contributed by atoms with Gasteiger partial charge in [0.25, 0.3) is 5.91 Å². The van der Waals surface area contributed by atoms with Gasteiger partial charge in [-0.05, 0) is 43.3 Å². The third-order valence-corrected chi connectivity index (χ3v) is 4.28. The van der Waals surface area contributed by atoms with E-state index in [9.17, 15) is 9.18 Å². The van der Waals surface area contributed by atoms with Gasteiger partial charge in [-0.25, -0.2) is 14.8 Å². The molecule has 0 bridgehead atoms. The molecule has 1 heterocycles. The van der Waals surface area contributed by atoms with Crippen molar-refractivity contribution in [3.05, 3.63) is 59.4 Å². The fourth-order valence-corrected chi connectivity index (χ4v) is 2.84. The molecule has 0 radical (unpaired) electrons. The molecule has 7 heteroatoms. The number of rotatable bonds is 5. The highest BCUT2D eigenvalue weighted by molar-refractivity contribution is 7.20. The number of para-hydroxylation sites is 1. The number of halogens is 1. The summed E-state index contributed by atoms with van der Waals surface area (Å²) in [4.78, 5) is 16.2. The predicted octanol–water partition coefficient (Wildman–Crippen LogP) is 3.35. The first kappa shape index (κ1) is 16.1. The van der Waals surface area contributed by atoms with Crippen LogP contribution in [-0.2, 0) is 4.79 Å². The van der Waals surface area contributed by atoms with Gasteiger partial charge in [-0.1, -0.05) is 12.1 Å². The van der Waals surface area contributed by atoms with Gasteiger partial charge in [0, 0.05) is 0 Å². The van der Waals surface area contributed by atoms with Gasteiger partial charge >= 0.3 is 0 Å². The standard InChI is InChI=1S/C17H14FN3O2S/c1-11(17-19-14-4-2-3-5-15(14)24-17)20-21-16(22)10-23-13-8-6-12(18)7-9-13/h2-9H,10H2,1H3,(H,21,22)/b20-11-. The molecule has 0 spiro atoms. The third-order valence-electron chi connectivity index (χ3n) is 3.14. The number of thiazole rings is 1. The van der Waals surface area contributed by atoms with Crippen LogP contribution in [0.25, 0.3) is 10.2 Å². The van der Waals surface area contributed by atoms with E-state index in [0.717, 1.165) is 15.2 Å². The molecule has 0 atom stereocenters. The minimum absolute atomic E-state index is 0.206. The van der Waals surface area contributed by atoms with Crippen LogP contribution in [0.5, 0.6) is 5.75 Å². The van der Waals surface area contributed by atoms with E-state index >= 15 is 0 Å². The molecule has 0 aliphatic heterocycles. The molecule has 5 nitrogen and oxygen atoms in total. The van der Waals surface area contributed by atoms with Crippen molar-refractivity contribution in [3.8, 4) is 5.75 Å². The Morgan fingerprint density at radius 1 is 1.25 bits per heavy atom. The number of fused-ring (bicyclic) bond motifs is 1. The quantitative estimate of drug-likeness (QED) is 0.571. The summed E-state index contributed by atoms with van der Waals surface area (Å²) < 4.78 is 19.1. The van der Waals surface area contributed by atoms with Crippen molar-refractivity contribution in [2.45, 2.75) is 6.92 Å². The average molecular weight is 343 g/mol. The second-order valence-electron chi connectivity index (χ2n) is 4.96. The van der Waals surface area contributed by atoms with Gasteiger partial charge in [-0.3, -0.25) is 4.79 Å². The Hall–Kier alpha value is -2.80. The maximum atomic E-state index is 12.8. The number of carbonyl (C=O) groups excluding carboxylic acids is 1. The fraction of sp³-hybridized carbons (Fsp3) is 0.118. The normalized spacial score (nSPS) is 11.5. The number of nitrogens with zero attached hydrogens (tertiary/aromatic N) is 2. The van der Waals surface area contributed by atoms with E-state index in [1.807, 2.05) is 24.3 Å². The van der Waals surface area contributed by atoms with Gasteiger partial charge in [0.15, 0.2) is 6.61 Å². The molecule has 0 aliphatic rings. The SMILES string of the molecule is C/C(=N/NC(=O)COc1ccc(F)cc1)c1nc2ccccc2s1. The maximum Gasteiger partial charge on any atom is 0.277 e. The van der Waals surface area contributed by atoms with Crippen LogP contribution in [0.1, 0.15) is 11.9 Å². The second-order valence-corrected chi connectivity index (χ2v) is 5.99. The number of benzene rings is 2. The van der Waals surface area contributed by atoms with Crippen LogP contribution in [0.3, 0.4) is 0 Å². The topological polar surface area (TPSA) is 63.6 Å². The molecule has 0 aliphatic carbocycles. The van der Waals surface area contributed by atoms with E-state index in [-0.39, 0.29) is 12.4 Å². The molecule has 0 saturated heterocycles. The lowest BCUT2D eigenvalue weighted by atomic mass is 10.3. The lowest BCUT2D eigenvalue weighted by Gasteiger charge is -2.05. The van der Waals surface area contributed by atoms with Crippen molar-refractivity contribution in [3.63, 3.8) is 0 Å². The Labute approximate surface area is 141 Å². The van der Waals surface area contributed by atoms with Crippen LogP contribution < -0.4 is 10.2 Å². The van der Waals surface area contributed by atoms with Gasteiger partial charge < -0.3 is 4.74 Å². The Bertz CT molecular complexity index is 857. The van der Waals surface area contributed by atoms with Gasteiger partial charge in [-0.2, -0.15) is 5.10 Å². The summed E-state index contributed by atoms with van der Waals surface area (Å²) in [6.07, 6.45) is 0. The highest BCUT2D eigenvalue weighted by Crippen LogP contribution is 2.21. The molecule has 0 saturated carbocycles. The van der Waals surface area contributed by atoms with Crippen LogP contribution >= 0.6 is 11.3 Å². The number of hydrogen-bond acceptors (Lipinski definition) is 5. The van der Waals surface area contributed by atoms with E-state index in [1.54, 1.807) is 6.92 Å². The smallest absolute Gasteiger partial charge is 0.277 e. The first-order valence-corrected chi connectivity index (χ1v) is 8.01. The molecule has 1 aromatic heterocycles. The highest BCUT2D eigenvalue weighted by atomic mass is 32.1. The molecular formula is C17H14FN3O2S. The molecule has 0 fully saturated rings. The van der Waals surface area contributed by atoms with E-state index in [0.29, 0.717) is 11.5 Å². The average Bonchev–Trinajstić information content (AvgIpc) is 3.03. The number of amides is 1. The zero-order chi connectivity index (χ0) is 16.9. The minimum atomic E-state index is -0.403. The zero-order valence-electron chi connectivity index (χ0n) is 12.8. The summed E-state index contributed by atoms with van der Waals surface area (Å²) in [5.41, 5.74) is 3.94. The van der Waals surface area contributed by atoms with Crippen molar-refractivity contribution in [1.29, 1.82) is 0 Å². The van der Waals surface area contributed by atoms with Crippen molar-refractivity contribution in [2.75, 3.05) is 6.61 Å². The van der Waals surface area contributed by atoms with Gasteiger partial charge in [-0.15, -0.1) is 11.3 Å². The fourth-order valence-electron chi connectivity index (χ4n) is 1.93. The van der Waals surface area contributed by atoms with Crippen LogP contribution in [0.15, 0.2) is 53.6 Å². The van der Waals surface area contributed by atoms with Gasteiger partial charge in [0.2, 0.25) is 0 Å². The maximum absolute atomic E-state index is 12.8. The molecule has 2 aromatic carbocycles. The van der Waals surface area contributed by atoms with Crippen LogP contribution in [0.4, 0.5) is 4.39 Å². The van der Waals surface area contributed by atoms with E-state index in [2.05, 4.69) is 15.5 Å². The van der Waals surface area contributed by atoms with Crippen molar-refractivity contribution >= 4 is 33.2 Å². The second kappa shape index (κ2) is 7.18. The molecule has 24 heavy (non-hydrogen) atoms. The number of hydrazone groups is 1. The van der Waals surface area contributed by atoms with Crippen molar-refractivity contribution in [2.24, 2.45) is 5.10 Å². The zero-order valence-corrected chi connectivity index (χ0v) is 13.6. The largest absolute Gasteiger partial charge is 0.484 e. The number of ether oxygens (including phenoxy) is 1. The molecule has 122 valence electrons. The summed E-state index contributed by atoms with van der Waals surface area (Å²) in [6, 6.07) is 13.2. The van der Waals surface area contributed by atoms with Crippen LogP contribution in [0, 0.1) is 5.82 Å². The Kier molecular flexibility index (Phi) is 4.81. The number of hydrogen-bond donors (Lipinski definition) is 1. The lowest BCUT2D eigenvalue weighted by molar-refractivity contribution is -0.123. The summed E-state index contributed by atoms with van der Waals surface area (Å²) >= 11 is 1.51. The number of carbonyl (C=O) groups is 1. The number of aromatic nitrogens is 1. The van der Waals surface area contributed by atoms with Crippen molar-refractivity contribution in [1.82, 2.24) is 10.4 Å². The minimum Gasteiger partial charge on any atom is -0.484 e. The Morgan fingerprint density at radius 3 is 2.75 bits per heavy atom. The summed E-state index contributed by atoms with van der Waals surface area (Å²) in [7, 11) is 0. The monoisotopic (exact) mass is 343 g/mol. The first-order valence-electron chi connectivity index (χ1n) is 7.19. The Morgan fingerprint density at radius 2 is 2.00 bits per heavy atom. The molecule has 1 amide bonds. The third kappa shape index (κ3) is 3.94. The molecule has 3 aromatic rings. The van der Waals surface area contributed by atoms with Crippen LogP contribution in [0.2, 0.25) is 0 Å². The molecular weight excluding hydrogens is 329 g/mol. The van der Waals surface area contributed by atoms with Crippen LogP contribution in [-0.4, -0.2) is 23.2 Å². The Balaban J connectivity index is 1.57. The summed E-state index contributed by atoms with van der Waals surface area (Å²) in [5, 5.41) is 4.79.